The number of rotatable bonds is 3. The average Bonchev–Trinajstić information content (AvgIpc) is 2.68. The van der Waals surface area contributed by atoms with Crippen molar-refractivity contribution in [3.8, 4) is 0 Å². The summed E-state index contributed by atoms with van der Waals surface area (Å²) < 4.78 is 0. The average molecular weight is 236 g/mol. The van der Waals surface area contributed by atoms with E-state index >= 15 is 0 Å². The fourth-order valence-corrected chi connectivity index (χ4v) is 2.25. The summed E-state index contributed by atoms with van der Waals surface area (Å²) in [5.41, 5.74) is 1.28. The number of hydrogen-bond donors (Lipinski definition) is 3. The van der Waals surface area contributed by atoms with Crippen molar-refractivity contribution in [1.82, 2.24) is 0 Å². The Kier molecular flexibility index (Phi) is 2.85. The molecule has 0 radical (unpaired) electrons. The van der Waals surface area contributed by atoms with Crippen LogP contribution in [0.1, 0.15) is 31.8 Å². The van der Waals surface area contributed by atoms with Gasteiger partial charge in [-0.05, 0) is 42.0 Å². The molecule has 0 saturated carbocycles. The monoisotopic (exact) mass is 236 g/mol. The van der Waals surface area contributed by atoms with E-state index in [2.05, 4.69) is 0 Å². The third kappa shape index (κ3) is 2.01. The highest BCUT2D eigenvalue weighted by molar-refractivity contribution is 6.02. The van der Waals surface area contributed by atoms with E-state index < -0.39 is 11.9 Å². The Hall–Kier alpha value is -1.88. The van der Waals surface area contributed by atoms with Gasteiger partial charge in [0.1, 0.15) is 0 Å². The maximum absolute atomic E-state index is 11.0. The molecule has 1 aromatic carbocycles. The molecule has 5 heteroatoms. The fraction of sp³-hybridized carbons (Fsp3) is 0.333. The van der Waals surface area contributed by atoms with Gasteiger partial charge in [-0.25, -0.2) is 9.59 Å². The molecule has 0 fully saturated rings. The van der Waals surface area contributed by atoms with Crippen molar-refractivity contribution in [2.75, 3.05) is 6.61 Å². The van der Waals surface area contributed by atoms with E-state index in [1.54, 1.807) is 0 Å². The van der Waals surface area contributed by atoms with E-state index in [4.69, 9.17) is 15.3 Å². The predicted molar refractivity (Wildman–Crippen MR) is 58.3 cm³/mol. The lowest BCUT2D eigenvalue weighted by Gasteiger charge is -2.05. The number of aromatic carboxylic acids is 2. The number of benzene rings is 1. The maximum Gasteiger partial charge on any atom is 0.336 e. The molecule has 1 aliphatic rings. The number of carboxylic acid groups (broad SMARTS) is 2. The standard InChI is InChI=1S/C12H12O5/c13-5-6-1-7-3-9(11(14)15)10(12(16)17)4-8(7)2-6/h3-4,6,13H,1-2,5H2,(H,14,15)(H,16,17). The van der Waals surface area contributed by atoms with E-state index in [-0.39, 0.29) is 23.7 Å². The number of carbonyl (C=O) groups is 2. The van der Waals surface area contributed by atoms with Crippen LogP contribution >= 0.6 is 0 Å². The lowest BCUT2D eigenvalue weighted by Crippen LogP contribution is -2.09. The number of hydrogen-bond acceptors (Lipinski definition) is 3. The number of aliphatic hydroxyl groups is 1. The first-order valence-electron chi connectivity index (χ1n) is 5.26. The van der Waals surface area contributed by atoms with Crippen molar-refractivity contribution < 1.29 is 24.9 Å². The van der Waals surface area contributed by atoms with Gasteiger partial charge in [-0.1, -0.05) is 0 Å². The molecule has 0 spiro atoms. The van der Waals surface area contributed by atoms with E-state index in [0.717, 1.165) is 11.1 Å². The van der Waals surface area contributed by atoms with Gasteiger partial charge in [0.25, 0.3) is 0 Å². The SMILES string of the molecule is O=C(O)c1cc2c(cc1C(=O)O)CC(CO)C2. The molecule has 90 valence electrons. The summed E-state index contributed by atoms with van der Waals surface area (Å²) in [4.78, 5) is 21.9. The van der Waals surface area contributed by atoms with Crippen molar-refractivity contribution in [3.63, 3.8) is 0 Å². The zero-order chi connectivity index (χ0) is 12.6. The van der Waals surface area contributed by atoms with Crippen molar-refractivity contribution in [3.05, 3.63) is 34.4 Å². The molecule has 2 rings (SSSR count). The molecule has 0 heterocycles. The lowest BCUT2D eigenvalue weighted by molar-refractivity contribution is 0.0651. The van der Waals surface area contributed by atoms with E-state index in [1.807, 2.05) is 0 Å². The fourth-order valence-electron chi connectivity index (χ4n) is 2.25. The second kappa shape index (κ2) is 4.18. The Labute approximate surface area is 97.3 Å². The van der Waals surface area contributed by atoms with Gasteiger partial charge in [0.2, 0.25) is 0 Å². The third-order valence-corrected chi connectivity index (χ3v) is 3.08. The molecule has 0 aromatic heterocycles. The van der Waals surface area contributed by atoms with Gasteiger partial charge in [-0.15, -0.1) is 0 Å². The Bertz CT molecular complexity index is 449. The smallest absolute Gasteiger partial charge is 0.336 e. The van der Waals surface area contributed by atoms with E-state index in [1.165, 1.54) is 12.1 Å². The molecule has 1 aromatic rings. The predicted octanol–water partition coefficient (Wildman–Crippen LogP) is 0.790. The van der Waals surface area contributed by atoms with Crippen LogP contribution < -0.4 is 0 Å². The van der Waals surface area contributed by atoms with Crippen LogP contribution in [0.2, 0.25) is 0 Å². The van der Waals surface area contributed by atoms with Crippen molar-refractivity contribution in [1.29, 1.82) is 0 Å². The van der Waals surface area contributed by atoms with Gasteiger partial charge in [0.15, 0.2) is 0 Å². The van der Waals surface area contributed by atoms with Gasteiger partial charge in [-0.2, -0.15) is 0 Å². The Morgan fingerprint density at radius 2 is 1.47 bits per heavy atom. The van der Waals surface area contributed by atoms with Crippen LogP contribution in [0, 0.1) is 5.92 Å². The number of carboxylic acids is 2. The molecule has 0 aliphatic heterocycles. The molecule has 3 N–H and O–H groups in total. The highest BCUT2D eigenvalue weighted by atomic mass is 16.4. The minimum absolute atomic E-state index is 0.0273. The van der Waals surface area contributed by atoms with Crippen LogP contribution in [-0.4, -0.2) is 33.9 Å². The number of fused-ring (bicyclic) bond motifs is 1. The van der Waals surface area contributed by atoms with E-state index in [0.29, 0.717) is 12.8 Å². The number of aliphatic hydroxyl groups excluding tert-OH is 1. The topological polar surface area (TPSA) is 94.8 Å². The third-order valence-electron chi connectivity index (χ3n) is 3.08. The quantitative estimate of drug-likeness (QED) is 0.721. The molecule has 1 aliphatic carbocycles. The molecule has 0 amide bonds. The summed E-state index contributed by atoms with van der Waals surface area (Å²) >= 11 is 0. The van der Waals surface area contributed by atoms with Crippen LogP contribution in [0.25, 0.3) is 0 Å². The first kappa shape index (κ1) is 11.6. The van der Waals surface area contributed by atoms with Gasteiger partial charge < -0.3 is 15.3 Å². The summed E-state index contributed by atoms with van der Waals surface area (Å²) in [6, 6.07) is 2.83. The summed E-state index contributed by atoms with van der Waals surface area (Å²) in [5, 5.41) is 27.0. The van der Waals surface area contributed by atoms with E-state index in [9.17, 15) is 9.59 Å². The van der Waals surface area contributed by atoms with Crippen LogP contribution in [0.4, 0.5) is 0 Å². The van der Waals surface area contributed by atoms with Gasteiger partial charge >= 0.3 is 11.9 Å². The molecule has 0 atom stereocenters. The largest absolute Gasteiger partial charge is 0.478 e. The Balaban J connectivity index is 2.50. The van der Waals surface area contributed by atoms with Crippen molar-refractivity contribution >= 4 is 11.9 Å². The molecule has 17 heavy (non-hydrogen) atoms. The zero-order valence-corrected chi connectivity index (χ0v) is 9.01. The van der Waals surface area contributed by atoms with Gasteiger partial charge in [0, 0.05) is 6.61 Å². The molecular formula is C12H12O5. The molecular weight excluding hydrogens is 224 g/mol. The highest BCUT2D eigenvalue weighted by Gasteiger charge is 2.26. The molecule has 0 bridgehead atoms. The Morgan fingerprint density at radius 3 is 1.76 bits per heavy atom. The highest BCUT2D eigenvalue weighted by Crippen LogP contribution is 2.29. The first-order chi connectivity index (χ1) is 8.02. The minimum atomic E-state index is -1.24. The maximum atomic E-state index is 11.0. The lowest BCUT2D eigenvalue weighted by atomic mass is 10.00. The zero-order valence-electron chi connectivity index (χ0n) is 9.01. The van der Waals surface area contributed by atoms with Crippen LogP contribution in [0.3, 0.4) is 0 Å². The summed E-state index contributed by atoms with van der Waals surface area (Å²) in [6.45, 7) is 0.0273. The first-order valence-corrected chi connectivity index (χ1v) is 5.26. The summed E-state index contributed by atoms with van der Waals surface area (Å²) in [7, 11) is 0. The van der Waals surface area contributed by atoms with Gasteiger partial charge in [-0.3, -0.25) is 0 Å². The Morgan fingerprint density at radius 1 is 1.06 bits per heavy atom. The summed E-state index contributed by atoms with van der Waals surface area (Å²) in [6.07, 6.45) is 1.21. The van der Waals surface area contributed by atoms with Crippen LogP contribution in [0.15, 0.2) is 12.1 Å². The van der Waals surface area contributed by atoms with Crippen molar-refractivity contribution in [2.45, 2.75) is 12.8 Å². The second-order valence-electron chi connectivity index (χ2n) is 4.23. The van der Waals surface area contributed by atoms with Crippen LogP contribution in [-0.2, 0) is 12.8 Å². The normalized spacial score (nSPS) is 14.6. The van der Waals surface area contributed by atoms with Crippen molar-refractivity contribution in [2.24, 2.45) is 5.92 Å². The minimum Gasteiger partial charge on any atom is -0.478 e. The second-order valence-corrected chi connectivity index (χ2v) is 4.23. The van der Waals surface area contributed by atoms with Crippen LogP contribution in [0.5, 0.6) is 0 Å². The van der Waals surface area contributed by atoms with Gasteiger partial charge in [0.05, 0.1) is 11.1 Å². The molecule has 5 nitrogen and oxygen atoms in total. The molecule has 0 unspecified atom stereocenters. The summed E-state index contributed by atoms with van der Waals surface area (Å²) in [5.74, 6) is -2.41. The molecule has 0 saturated heterocycles.